The summed E-state index contributed by atoms with van der Waals surface area (Å²) >= 11 is 0. The first kappa shape index (κ1) is 20.7. The van der Waals surface area contributed by atoms with Crippen LogP contribution in [0.3, 0.4) is 0 Å². The fourth-order valence-corrected chi connectivity index (χ4v) is 3.92. The van der Waals surface area contributed by atoms with E-state index in [0.29, 0.717) is 6.42 Å². The maximum Gasteiger partial charge on any atom is 0.412 e. The van der Waals surface area contributed by atoms with E-state index < -0.39 is 11.7 Å². The van der Waals surface area contributed by atoms with Gasteiger partial charge in [0.05, 0.1) is 7.11 Å². The van der Waals surface area contributed by atoms with Crippen LogP contribution in [0.25, 0.3) is 21.5 Å². The van der Waals surface area contributed by atoms with Gasteiger partial charge in [0.15, 0.2) is 0 Å². The summed E-state index contributed by atoms with van der Waals surface area (Å²) in [7, 11) is 1.69. The first-order valence-electron chi connectivity index (χ1n) is 10.4. The Hall–Kier alpha value is -3.53. The highest BCUT2D eigenvalue weighted by Gasteiger charge is 2.19. The smallest absolute Gasteiger partial charge is 0.412 e. The Labute approximate surface area is 182 Å². The van der Waals surface area contributed by atoms with E-state index in [0.717, 1.165) is 44.1 Å². The van der Waals surface area contributed by atoms with Crippen LogP contribution in [-0.2, 0) is 11.2 Å². The number of rotatable bonds is 4. The third-order valence-corrected chi connectivity index (χ3v) is 5.25. The van der Waals surface area contributed by atoms with Gasteiger partial charge in [-0.1, -0.05) is 60.7 Å². The molecular formula is C27H27NO3. The average molecular weight is 414 g/mol. The summed E-state index contributed by atoms with van der Waals surface area (Å²) < 4.78 is 11.2. The van der Waals surface area contributed by atoms with Crippen molar-refractivity contribution in [1.82, 2.24) is 0 Å². The fourth-order valence-electron chi connectivity index (χ4n) is 3.92. The third-order valence-electron chi connectivity index (χ3n) is 5.25. The van der Waals surface area contributed by atoms with Crippen molar-refractivity contribution in [2.45, 2.75) is 32.8 Å². The van der Waals surface area contributed by atoms with Crippen LogP contribution in [0.5, 0.6) is 5.75 Å². The number of fused-ring (bicyclic) bond motifs is 2. The number of methoxy groups -OCH3 is 1. The minimum atomic E-state index is -0.569. The van der Waals surface area contributed by atoms with Gasteiger partial charge in [-0.2, -0.15) is 0 Å². The Morgan fingerprint density at radius 2 is 1.39 bits per heavy atom. The molecule has 4 rings (SSSR count). The highest BCUT2D eigenvalue weighted by Crippen LogP contribution is 2.35. The second-order valence-electron chi connectivity index (χ2n) is 8.58. The standard InChI is InChI=1S/C27H27NO3/c1-27(2,3)31-26(29)28-24-15-13-18-9-5-7-11-20(18)22(24)17-23-21-12-8-6-10-19(21)14-16-25(23)30-4/h5-16H,17H2,1-4H3,(H,28,29). The topological polar surface area (TPSA) is 47.6 Å². The molecule has 0 saturated carbocycles. The number of nitrogens with one attached hydrogen (secondary N) is 1. The van der Waals surface area contributed by atoms with Gasteiger partial charge in [-0.3, -0.25) is 5.32 Å². The first-order chi connectivity index (χ1) is 14.9. The SMILES string of the molecule is COc1ccc2ccccc2c1Cc1c(NC(=O)OC(C)(C)C)ccc2ccccc12. The summed E-state index contributed by atoms with van der Waals surface area (Å²) in [4.78, 5) is 12.5. The molecule has 0 aromatic heterocycles. The van der Waals surface area contributed by atoms with E-state index in [2.05, 4.69) is 35.6 Å². The molecule has 0 aliphatic carbocycles. The lowest BCUT2D eigenvalue weighted by Crippen LogP contribution is -2.27. The first-order valence-corrected chi connectivity index (χ1v) is 10.4. The molecule has 0 aliphatic rings. The third kappa shape index (κ3) is 4.48. The van der Waals surface area contributed by atoms with E-state index in [9.17, 15) is 4.79 Å². The van der Waals surface area contributed by atoms with Crippen LogP contribution in [-0.4, -0.2) is 18.8 Å². The molecule has 0 atom stereocenters. The number of hydrogen-bond donors (Lipinski definition) is 1. The van der Waals surface area contributed by atoms with Crippen molar-refractivity contribution >= 4 is 33.3 Å². The Bertz CT molecular complexity index is 1250. The highest BCUT2D eigenvalue weighted by molar-refractivity contribution is 5.96. The van der Waals surface area contributed by atoms with E-state index >= 15 is 0 Å². The molecule has 4 nitrogen and oxygen atoms in total. The minimum Gasteiger partial charge on any atom is -0.496 e. The lowest BCUT2D eigenvalue weighted by Gasteiger charge is -2.21. The van der Waals surface area contributed by atoms with Crippen molar-refractivity contribution in [3.63, 3.8) is 0 Å². The molecule has 4 aromatic carbocycles. The van der Waals surface area contributed by atoms with Crippen LogP contribution in [0.2, 0.25) is 0 Å². The summed E-state index contributed by atoms with van der Waals surface area (Å²) in [6.07, 6.45) is 0.144. The lowest BCUT2D eigenvalue weighted by atomic mass is 9.93. The maximum atomic E-state index is 12.5. The number of carbonyl (C=O) groups excluding carboxylic acids is 1. The van der Waals surface area contributed by atoms with Gasteiger partial charge in [0.1, 0.15) is 11.4 Å². The lowest BCUT2D eigenvalue weighted by molar-refractivity contribution is 0.0636. The molecule has 0 heterocycles. The molecule has 1 N–H and O–H groups in total. The van der Waals surface area contributed by atoms with Crippen LogP contribution in [0.1, 0.15) is 31.9 Å². The van der Waals surface area contributed by atoms with Crippen molar-refractivity contribution in [2.75, 3.05) is 12.4 Å². The molecule has 158 valence electrons. The van der Waals surface area contributed by atoms with Crippen molar-refractivity contribution in [3.05, 3.63) is 83.9 Å². The quantitative estimate of drug-likeness (QED) is 0.394. The number of ether oxygens (including phenoxy) is 2. The van der Waals surface area contributed by atoms with Crippen LogP contribution in [0.15, 0.2) is 72.8 Å². The minimum absolute atomic E-state index is 0.464. The van der Waals surface area contributed by atoms with Crippen LogP contribution in [0, 0.1) is 0 Å². The predicted molar refractivity (Wildman–Crippen MR) is 127 cm³/mol. The second kappa shape index (κ2) is 8.31. The predicted octanol–water partition coefficient (Wildman–Crippen LogP) is 6.94. The van der Waals surface area contributed by atoms with E-state index in [-0.39, 0.29) is 0 Å². The number of benzene rings is 4. The van der Waals surface area contributed by atoms with Crippen molar-refractivity contribution in [2.24, 2.45) is 0 Å². The monoisotopic (exact) mass is 413 g/mol. The summed E-state index contributed by atoms with van der Waals surface area (Å²) in [6, 6.07) is 24.5. The molecule has 0 unspecified atom stereocenters. The van der Waals surface area contributed by atoms with Crippen molar-refractivity contribution in [3.8, 4) is 5.75 Å². The molecule has 31 heavy (non-hydrogen) atoms. The zero-order valence-corrected chi connectivity index (χ0v) is 18.4. The average Bonchev–Trinajstić information content (AvgIpc) is 2.74. The fraction of sp³-hybridized carbons (Fsp3) is 0.222. The summed E-state index contributed by atoms with van der Waals surface area (Å²) in [6.45, 7) is 5.57. The van der Waals surface area contributed by atoms with E-state index in [1.807, 2.05) is 63.2 Å². The van der Waals surface area contributed by atoms with E-state index in [1.165, 1.54) is 0 Å². The highest BCUT2D eigenvalue weighted by atomic mass is 16.6. The molecule has 4 heteroatoms. The molecule has 0 bridgehead atoms. The molecule has 4 aromatic rings. The van der Waals surface area contributed by atoms with Crippen molar-refractivity contribution in [1.29, 1.82) is 0 Å². The van der Waals surface area contributed by atoms with Gasteiger partial charge in [0, 0.05) is 17.7 Å². The zero-order valence-electron chi connectivity index (χ0n) is 18.4. The Balaban J connectivity index is 1.85. The van der Waals surface area contributed by atoms with Crippen LogP contribution < -0.4 is 10.1 Å². The summed E-state index contributed by atoms with van der Waals surface area (Å²) in [5, 5.41) is 7.46. The van der Waals surface area contributed by atoms with Crippen LogP contribution in [0.4, 0.5) is 10.5 Å². The summed E-state index contributed by atoms with van der Waals surface area (Å²) in [5.41, 5.74) is 2.28. The van der Waals surface area contributed by atoms with Gasteiger partial charge in [0.2, 0.25) is 0 Å². The van der Waals surface area contributed by atoms with Gasteiger partial charge in [-0.25, -0.2) is 4.79 Å². The number of hydrogen-bond acceptors (Lipinski definition) is 3. The van der Waals surface area contributed by atoms with Gasteiger partial charge in [-0.15, -0.1) is 0 Å². The molecule has 0 aliphatic heterocycles. The van der Waals surface area contributed by atoms with E-state index in [4.69, 9.17) is 9.47 Å². The van der Waals surface area contributed by atoms with Gasteiger partial charge in [0.25, 0.3) is 0 Å². The van der Waals surface area contributed by atoms with Gasteiger partial charge < -0.3 is 9.47 Å². The molecule has 0 spiro atoms. The Kier molecular flexibility index (Phi) is 5.55. The maximum absolute atomic E-state index is 12.5. The number of anilines is 1. The Morgan fingerprint density at radius 1 is 0.806 bits per heavy atom. The molecule has 1 amide bonds. The van der Waals surface area contributed by atoms with Gasteiger partial charge in [-0.05, 0) is 60.0 Å². The number of amides is 1. The van der Waals surface area contributed by atoms with Crippen molar-refractivity contribution < 1.29 is 14.3 Å². The molecule has 0 fully saturated rings. The van der Waals surface area contributed by atoms with E-state index in [1.54, 1.807) is 7.11 Å². The molecule has 0 radical (unpaired) electrons. The second-order valence-corrected chi connectivity index (χ2v) is 8.58. The van der Waals surface area contributed by atoms with Crippen LogP contribution >= 0.6 is 0 Å². The Morgan fingerprint density at radius 3 is 2.00 bits per heavy atom. The summed E-state index contributed by atoms with van der Waals surface area (Å²) in [5.74, 6) is 0.829. The molecular weight excluding hydrogens is 386 g/mol. The van der Waals surface area contributed by atoms with Gasteiger partial charge >= 0.3 is 6.09 Å². The largest absolute Gasteiger partial charge is 0.496 e. The number of carbonyl (C=O) groups is 1. The molecule has 0 saturated heterocycles. The normalized spacial score (nSPS) is 11.5. The zero-order chi connectivity index (χ0) is 22.0.